The number of carbonyl (C=O) groups excluding carboxylic acids is 2. The number of aryl methyl sites for hydroxylation is 2. The summed E-state index contributed by atoms with van der Waals surface area (Å²) in [6, 6.07) is 5.02. The molecule has 0 aliphatic carbocycles. The van der Waals surface area contributed by atoms with Crippen LogP contribution in [0.3, 0.4) is 0 Å². The van der Waals surface area contributed by atoms with Gasteiger partial charge in [-0.15, -0.1) is 0 Å². The van der Waals surface area contributed by atoms with E-state index in [4.69, 9.17) is 9.26 Å². The van der Waals surface area contributed by atoms with E-state index >= 15 is 0 Å². The third kappa shape index (κ3) is 4.81. The molecule has 0 saturated heterocycles. The number of thioether (sulfide) groups is 1. The summed E-state index contributed by atoms with van der Waals surface area (Å²) in [5, 5.41) is 15.9. The number of aromatic nitrogens is 2. The van der Waals surface area contributed by atoms with Crippen molar-refractivity contribution in [1.82, 2.24) is 10.1 Å². The summed E-state index contributed by atoms with van der Waals surface area (Å²) in [4.78, 5) is 28.1. The van der Waals surface area contributed by atoms with Crippen LogP contribution in [0.5, 0.6) is 0 Å². The number of hydrogen-bond donors (Lipinski definition) is 1. The lowest BCUT2D eigenvalue weighted by molar-refractivity contribution is -0.113. The van der Waals surface area contributed by atoms with Crippen molar-refractivity contribution in [1.29, 1.82) is 5.26 Å². The first kappa shape index (κ1) is 18.5. The Morgan fingerprint density at radius 3 is 2.76 bits per heavy atom. The quantitative estimate of drug-likeness (QED) is 0.616. The molecular formula is C16H16N4O4S. The maximum Gasteiger partial charge on any atom is 0.340 e. The van der Waals surface area contributed by atoms with Crippen LogP contribution in [0.2, 0.25) is 0 Å². The van der Waals surface area contributed by atoms with Crippen LogP contribution >= 0.6 is 11.8 Å². The molecule has 0 aromatic carbocycles. The molecule has 2 aromatic heterocycles. The van der Waals surface area contributed by atoms with Gasteiger partial charge in [0.25, 0.3) is 0 Å². The Morgan fingerprint density at radius 1 is 1.40 bits per heavy atom. The predicted octanol–water partition coefficient (Wildman–Crippen LogP) is 2.47. The molecule has 1 amide bonds. The van der Waals surface area contributed by atoms with Crippen molar-refractivity contribution in [2.45, 2.75) is 25.8 Å². The molecule has 9 heteroatoms. The Balaban J connectivity index is 2.08. The fourth-order valence-electron chi connectivity index (χ4n) is 1.93. The Labute approximate surface area is 148 Å². The zero-order chi connectivity index (χ0) is 18.4. The van der Waals surface area contributed by atoms with Gasteiger partial charge in [0.1, 0.15) is 16.9 Å². The van der Waals surface area contributed by atoms with Crippen molar-refractivity contribution in [2.75, 3.05) is 17.7 Å². The van der Waals surface area contributed by atoms with Crippen LogP contribution in [0.15, 0.2) is 21.7 Å². The van der Waals surface area contributed by atoms with Gasteiger partial charge in [-0.1, -0.05) is 16.9 Å². The van der Waals surface area contributed by atoms with Gasteiger partial charge in [-0.3, -0.25) is 4.79 Å². The number of esters is 1. The van der Waals surface area contributed by atoms with Crippen molar-refractivity contribution in [3.8, 4) is 6.07 Å². The van der Waals surface area contributed by atoms with E-state index < -0.39 is 5.97 Å². The van der Waals surface area contributed by atoms with Gasteiger partial charge in [0.2, 0.25) is 5.91 Å². The van der Waals surface area contributed by atoms with Crippen molar-refractivity contribution >= 4 is 29.5 Å². The van der Waals surface area contributed by atoms with E-state index in [1.807, 2.05) is 6.07 Å². The lowest BCUT2D eigenvalue weighted by atomic mass is 10.1. The van der Waals surface area contributed by atoms with Crippen LogP contribution < -0.4 is 5.32 Å². The SMILES string of the molecule is CCOC(=O)c1cc(C#N)c(SCC(=O)Nc2cc(C)on2)nc1C. The monoisotopic (exact) mass is 360 g/mol. The van der Waals surface area contributed by atoms with E-state index in [0.29, 0.717) is 22.3 Å². The van der Waals surface area contributed by atoms with Crippen molar-refractivity contribution < 1.29 is 18.8 Å². The second-order valence-corrected chi connectivity index (χ2v) is 5.93. The molecule has 8 nitrogen and oxygen atoms in total. The zero-order valence-electron chi connectivity index (χ0n) is 14.0. The first-order chi connectivity index (χ1) is 11.9. The third-order valence-electron chi connectivity index (χ3n) is 3.03. The van der Waals surface area contributed by atoms with E-state index in [1.54, 1.807) is 26.8 Å². The summed E-state index contributed by atoms with van der Waals surface area (Å²) < 4.78 is 9.80. The number of ether oxygens (including phenoxy) is 1. The van der Waals surface area contributed by atoms with Crippen molar-refractivity contribution in [3.05, 3.63) is 34.7 Å². The molecule has 0 unspecified atom stereocenters. The maximum absolute atomic E-state index is 11.9. The second-order valence-electron chi connectivity index (χ2n) is 4.97. The van der Waals surface area contributed by atoms with Gasteiger partial charge in [0.15, 0.2) is 5.82 Å². The number of rotatable bonds is 6. The number of nitrogens with one attached hydrogen (secondary N) is 1. The van der Waals surface area contributed by atoms with Gasteiger partial charge in [-0.2, -0.15) is 5.26 Å². The van der Waals surface area contributed by atoms with Crippen LogP contribution in [-0.4, -0.2) is 34.4 Å². The first-order valence-electron chi connectivity index (χ1n) is 7.39. The molecule has 25 heavy (non-hydrogen) atoms. The molecule has 2 aromatic rings. The normalized spacial score (nSPS) is 10.2. The highest BCUT2D eigenvalue weighted by molar-refractivity contribution is 8.00. The highest BCUT2D eigenvalue weighted by Gasteiger charge is 2.17. The number of nitriles is 1. The summed E-state index contributed by atoms with van der Waals surface area (Å²) in [5.74, 6) is 0.106. The number of pyridine rings is 1. The lowest BCUT2D eigenvalue weighted by Crippen LogP contribution is -2.15. The topological polar surface area (TPSA) is 118 Å². The van der Waals surface area contributed by atoms with Crippen LogP contribution in [-0.2, 0) is 9.53 Å². The molecule has 0 atom stereocenters. The molecule has 2 heterocycles. The molecule has 1 N–H and O–H groups in total. The van der Waals surface area contributed by atoms with E-state index in [1.165, 1.54) is 6.07 Å². The number of amides is 1. The first-order valence-corrected chi connectivity index (χ1v) is 8.38. The maximum atomic E-state index is 11.9. The van der Waals surface area contributed by atoms with Gasteiger partial charge in [0, 0.05) is 6.07 Å². The minimum atomic E-state index is -0.528. The minimum Gasteiger partial charge on any atom is -0.462 e. The minimum absolute atomic E-state index is 0.0335. The Morgan fingerprint density at radius 2 is 2.16 bits per heavy atom. The molecule has 0 aliphatic rings. The summed E-state index contributed by atoms with van der Waals surface area (Å²) in [7, 11) is 0. The predicted molar refractivity (Wildman–Crippen MR) is 90.2 cm³/mol. The standard InChI is InChI=1S/C16H16N4O4S/c1-4-23-16(22)12-6-11(7-17)15(18-10(12)3)25-8-14(21)19-13-5-9(2)24-20-13/h5-6H,4,8H2,1-3H3,(H,19,20,21). The van der Waals surface area contributed by atoms with Crippen LogP contribution in [0.4, 0.5) is 5.82 Å². The van der Waals surface area contributed by atoms with Gasteiger partial charge >= 0.3 is 5.97 Å². The van der Waals surface area contributed by atoms with Gasteiger partial charge in [-0.05, 0) is 26.8 Å². The fraction of sp³-hybridized carbons (Fsp3) is 0.312. The van der Waals surface area contributed by atoms with Gasteiger partial charge in [0.05, 0.1) is 29.2 Å². The van der Waals surface area contributed by atoms with Crippen LogP contribution in [0.1, 0.15) is 34.3 Å². The number of anilines is 1. The number of nitrogens with zero attached hydrogens (tertiary/aromatic N) is 3. The molecule has 0 fully saturated rings. The Kier molecular flexibility index (Phi) is 6.14. The molecule has 0 saturated carbocycles. The fourth-order valence-corrected chi connectivity index (χ4v) is 2.73. The molecule has 0 spiro atoms. The highest BCUT2D eigenvalue weighted by atomic mass is 32.2. The number of carbonyl (C=O) groups is 2. The van der Waals surface area contributed by atoms with E-state index in [0.717, 1.165) is 11.8 Å². The van der Waals surface area contributed by atoms with E-state index in [-0.39, 0.29) is 29.4 Å². The average molecular weight is 360 g/mol. The summed E-state index contributed by atoms with van der Waals surface area (Å²) in [6.07, 6.45) is 0. The molecule has 2 rings (SSSR count). The Bertz CT molecular complexity index is 841. The smallest absolute Gasteiger partial charge is 0.340 e. The molecule has 130 valence electrons. The van der Waals surface area contributed by atoms with Crippen LogP contribution in [0.25, 0.3) is 0 Å². The zero-order valence-corrected chi connectivity index (χ0v) is 14.8. The van der Waals surface area contributed by atoms with Crippen LogP contribution in [0, 0.1) is 25.2 Å². The van der Waals surface area contributed by atoms with E-state index in [9.17, 15) is 14.9 Å². The van der Waals surface area contributed by atoms with Gasteiger partial charge in [-0.25, -0.2) is 9.78 Å². The third-order valence-corrected chi connectivity index (χ3v) is 4.02. The largest absolute Gasteiger partial charge is 0.462 e. The summed E-state index contributed by atoms with van der Waals surface area (Å²) in [5.41, 5.74) is 0.890. The average Bonchev–Trinajstić information content (AvgIpc) is 2.98. The highest BCUT2D eigenvalue weighted by Crippen LogP contribution is 2.23. The number of hydrogen-bond acceptors (Lipinski definition) is 8. The molecule has 0 radical (unpaired) electrons. The molecule has 0 aliphatic heterocycles. The van der Waals surface area contributed by atoms with E-state index in [2.05, 4.69) is 15.5 Å². The molecular weight excluding hydrogens is 344 g/mol. The summed E-state index contributed by atoms with van der Waals surface area (Å²) in [6.45, 7) is 5.30. The second kappa shape index (κ2) is 8.30. The molecule has 0 bridgehead atoms. The van der Waals surface area contributed by atoms with Crippen molar-refractivity contribution in [2.24, 2.45) is 0 Å². The lowest BCUT2D eigenvalue weighted by Gasteiger charge is -2.09. The Hall–Kier alpha value is -2.86. The summed E-state index contributed by atoms with van der Waals surface area (Å²) >= 11 is 1.10. The van der Waals surface area contributed by atoms with Gasteiger partial charge < -0.3 is 14.6 Å². The van der Waals surface area contributed by atoms with Crippen molar-refractivity contribution in [3.63, 3.8) is 0 Å².